The molecule has 1 rings (SSSR count). The first-order chi connectivity index (χ1) is 10.1. The molecule has 1 aromatic rings. The number of carbonyl (C=O) groups excluding carboxylic acids is 1. The second kappa shape index (κ2) is 7.71. The minimum atomic E-state index is -1.49. The number of carbonyl (C=O) groups is 1. The average Bonchev–Trinajstić information content (AvgIpc) is 2.38. The fourth-order valence-corrected chi connectivity index (χ4v) is 1.81. The standard InChI is InChI=1S/C14H20ClFN2O4/c1-14(2,3)22-13(21)17-5-4-10(19)11(20)9-6-8(15)7-18-12(9)16/h6-7,10-11,19-20H,4-5H2,1-3H3,(H,17,21). The Labute approximate surface area is 133 Å². The van der Waals surface area contributed by atoms with E-state index in [0.29, 0.717) is 0 Å². The van der Waals surface area contributed by atoms with Gasteiger partial charge in [-0.2, -0.15) is 4.39 Å². The predicted molar refractivity (Wildman–Crippen MR) is 79.0 cm³/mol. The van der Waals surface area contributed by atoms with Gasteiger partial charge in [0.1, 0.15) is 11.7 Å². The van der Waals surface area contributed by atoms with E-state index in [9.17, 15) is 19.4 Å². The van der Waals surface area contributed by atoms with Gasteiger partial charge >= 0.3 is 6.09 Å². The fraction of sp³-hybridized carbons (Fsp3) is 0.571. The van der Waals surface area contributed by atoms with Crippen molar-refractivity contribution in [1.29, 1.82) is 0 Å². The van der Waals surface area contributed by atoms with Crippen LogP contribution in [-0.2, 0) is 4.74 Å². The van der Waals surface area contributed by atoms with Gasteiger partial charge < -0.3 is 20.3 Å². The highest BCUT2D eigenvalue weighted by molar-refractivity contribution is 6.30. The molecule has 1 aromatic heterocycles. The van der Waals surface area contributed by atoms with Crippen molar-refractivity contribution in [2.75, 3.05) is 6.54 Å². The van der Waals surface area contributed by atoms with Crippen molar-refractivity contribution in [3.63, 3.8) is 0 Å². The molecule has 0 saturated heterocycles. The lowest BCUT2D eigenvalue weighted by Gasteiger charge is -2.21. The molecule has 1 heterocycles. The van der Waals surface area contributed by atoms with Crippen LogP contribution in [0.4, 0.5) is 9.18 Å². The third-order valence-electron chi connectivity index (χ3n) is 2.62. The topological polar surface area (TPSA) is 91.7 Å². The molecule has 1 amide bonds. The molecule has 3 N–H and O–H groups in total. The van der Waals surface area contributed by atoms with Crippen LogP contribution in [0.1, 0.15) is 38.9 Å². The first-order valence-electron chi connectivity index (χ1n) is 6.74. The maximum atomic E-state index is 13.5. The van der Waals surface area contributed by atoms with Crippen molar-refractivity contribution in [1.82, 2.24) is 10.3 Å². The normalized spacial score (nSPS) is 14.3. The van der Waals surface area contributed by atoms with Crippen LogP contribution in [-0.4, -0.2) is 39.5 Å². The lowest BCUT2D eigenvalue weighted by molar-refractivity contribution is 0.00995. The summed E-state index contributed by atoms with van der Waals surface area (Å²) in [6.45, 7) is 5.23. The Kier molecular flexibility index (Phi) is 6.52. The summed E-state index contributed by atoms with van der Waals surface area (Å²) in [6, 6.07) is 1.19. The summed E-state index contributed by atoms with van der Waals surface area (Å²) >= 11 is 5.68. The molecular formula is C14H20ClFN2O4. The maximum Gasteiger partial charge on any atom is 0.407 e. The number of aromatic nitrogens is 1. The highest BCUT2D eigenvalue weighted by Gasteiger charge is 2.23. The molecule has 0 saturated carbocycles. The van der Waals surface area contributed by atoms with Crippen LogP contribution in [0.2, 0.25) is 5.02 Å². The second-order valence-electron chi connectivity index (χ2n) is 5.76. The van der Waals surface area contributed by atoms with E-state index in [1.54, 1.807) is 20.8 Å². The minimum Gasteiger partial charge on any atom is -0.444 e. The van der Waals surface area contributed by atoms with E-state index in [1.807, 2.05) is 0 Å². The molecule has 0 aliphatic carbocycles. The largest absolute Gasteiger partial charge is 0.444 e. The van der Waals surface area contributed by atoms with Crippen LogP contribution in [0, 0.1) is 5.95 Å². The summed E-state index contributed by atoms with van der Waals surface area (Å²) in [5, 5.41) is 22.3. The first kappa shape index (κ1) is 18.6. The Balaban J connectivity index is 2.50. The summed E-state index contributed by atoms with van der Waals surface area (Å²) in [5.41, 5.74) is -0.824. The van der Waals surface area contributed by atoms with Gasteiger partial charge in [0.25, 0.3) is 0 Å². The number of nitrogens with one attached hydrogen (secondary N) is 1. The molecule has 0 aliphatic rings. The molecule has 6 nitrogen and oxygen atoms in total. The van der Waals surface area contributed by atoms with Crippen LogP contribution in [0.3, 0.4) is 0 Å². The van der Waals surface area contributed by atoms with Crippen molar-refractivity contribution in [3.8, 4) is 0 Å². The molecule has 2 atom stereocenters. The van der Waals surface area contributed by atoms with Crippen molar-refractivity contribution < 1.29 is 24.1 Å². The molecule has 0 bridgehead atoms. The van der Waals surface area contributed by atoms with E-state index in [4.69, 9.17) is 16.3 Å². The van der Waals surface area contributed by atoms with Gasteiger partial charge in [-0.05, 0) is 33.3 Å². The Morgan fingerprint density at radius 1 is 1.50 bits per heavy atom. The number of alkyl carbamates (subject to hydrolysis) is 1. The molecule has 124 valence electrons. The molecule has 0 radical (unpaired) electrons. The Bertz CT molecular complexity index is 522. The zero-order valence-electron chi connectivity index (χ0n) is 12.6. The smallest absolute Gasteiger partial charge is 0.407 e. The van der Waals surface area contributed by atoms with Gasteiger partial charge in [0.15, 0.2) is 0 Å². The van der Waals surface area contributed by atoms with Crippen LogP contribution in [0.15, 0.2) is 12.3 Å². The average molecular weight is 335 g/mol. The quantitative estimate of drug-likeness (QED) is 0.718. The molecule has 0 spiro atoms. The summed E-state index contributed by atoms with van der Waals surface area (Å²) < 4.78 is 18.5. The zero-order chi connectivity index (χ0) is 16.9. The zero-order valence-corrected chi connectivity index (χ0v) is 13.4. The van der Waals surface area contributed by atoms with E-state index in [2.05, 4.69) is 10.3 Å². The first-order valence-corrected chi connectivity index (χ1v) is 7.12. The highest BCUT2D eigenvalue weighted by atomic mass is 35.5. The van der Waals surface area contributed by atoms with Gasteiger partial charge in [0.2, 0.25) is 5.95 Å². The Hall–Kier alpha value is -1.44. The number of amides is 1. The van der Waals surface area contributed by atoms with Gasteiger partial charge in [-0.15, -0.1) is 0 Å². The van der Waals surface area contributed by atoms with Crippen LogP contribution in [0.25, 0.3) is 0 Å². The lowest BCUT2D eigenvalue weighted by Crippen LogP contribution is -2.34. The van der Waals surface area contributed by atoms with Crippen molar-refractivity contribution in [2.45, 2.75) is 45.0 Å². The second-order valence-corrected chi connectivity index (χ2v) is 6.20. The van der Waals surface area contributed by atoms with Crippen LogP contribution in [0.5, 0.6) is 0 Å². The van der Waals surface area contributed by atoms with E-state index >= 15 is 0 Å². The molecule has 2 unspecified atom stereocenters. The third-order valence-corrected chi connectivity index (χ3v) is 2.83. The Morgan fingerprint density at radius 2 is 2.14 bits per heavy atom. The summed E-state index contributed by atoms with van der Waals surface area (Å²) in [7, 11) is 0. The molecular weight excluding hydrogens is 315 g/mol. The van der Waals surface area contributed by atoms with Gasteiger partial charge in [0.05, 0.1) is 11.1 Å². The van der Waals surface area contributed by atoms with Crippen LogP contribution < -0.4 is 5.32 Å². The number of aliphatic hydroxyl groups excluding tert-OH is 2. The Morgan fingerprint density at radius 3 is 2.73 bits per heavy atom. The van der Waals surface area contributed by atoms with E-state index in [-0.39, 0.29) is 23.6 Å². The van der Waals surface area contributed by atoms with Gasteiger partial charge in [-0.1, -0.05) is 11.6 Å². The molecule has 8 heteroatoms. The number of pyridine rings is 1. The number of hydrogen-bond acceptors (Lipinski definition) is 5. The summed E-state index contributed by atoms with van der Waals surface area (Å²) in [4.78, 5) is 14.8. The summed E-state index contributed by atoms with van der Waals surface area (Å²) in [5.74, 6) is -0.906. The monoisotopic (exact) mass is 334 g/mol. The number of ether oxygens (including phenoxy) is 1. The maximum absolute atomic E-state index is 13.5. The summed E-state index contributed by atoms with van der Waals surface area (Å²) in [6.07, 6.45) is -2.31. The molecule has 0 aromatic carbocycles. The van der Waals surface area contributed by atoms with E-state index in [1.165, 1.54) is 6.07 Å². The number of halogens is 2. The third kappa shape index (κ3) is 6.13. The minimum absolute atomic E-state index is 0.00631. The molecule has 0 fully saturated rings. The number of hydrogen-bond donors (Lipinski definition) is 3. The van der Waals surface area contributed by atoms with Gasteiger partial charge in [0, 0.05) is 18.3 Å². The fourth-order valence-electron chi connectivity index (χ4n) is 1.65. The van der Waals surface area contributed by atoms with Gasteiger partial charge in [-0.25, -0.2) is 9.78 Å². The van der Waals surface area contributed by atoms with E-state index in [0.717, 1.165) is 6.20 Å². The molecule has 0 aliphatic heterocycles. The lowest BCUT2D eigenvalue weighted by atomic mass is 10.0. The van der Waals surface area contributed by atoms with Gasteiger partial charge in [-0.3, -0.25) is 0 Å². The highest BCUT2D eigenvalue weighted by Crippen LogP contribution is 2.23. The van der Waals surface area contributed by atoms with Crippen molar-refractivity contribution in [3.05, 3.63) is 28.8 Å². The van der Waals surface area contributed by atoms with Crippen molar-refractivity contribution >= 4 is 17.7 Å². The van der Waals surface area contributed by atoms with Crippen molar-refractivity contribution in [2.24, 2.45) is 0 Å². The SMILES string of the molecule is CC(C)(C)OC(=O)NCCC(O)C(O)c1cc(Cl)cnc1F. The van der Waals surface area contributed by atoms with E-state index < -0.39 is 29.8 Å². The van der Waals surface area contributed by atoms with Crippen LogP contribution >= 0.6 is 11.6 Å². The number of aliphatic hydroxyl groups is 2. The predicted octanol–water partition coefficient (Wildman–Crippen LogP) is 2.18. The number of rotatable bonds is 5. The molecule has 22 heavy (non-hydrogen) atoms. The number of nitrogens with zero attached hydrogens (tertiary/aromatic N) is 1.